The van der Waals surface area contributed by atoms with E-state index in [0.29, 0.717) is 6.61 Å². The molecule has 0 fully saturated rings. The van der Waals surface area contributed by atoms with Crippen molar-refractivity contribution in [1.29, 1.82) is 0 Å². The number of para-hydroxylation sites is 1. The summed E-state index contributed by atoms with van der Waals surface area (Å²) in [7, 11) is 0. The molecule has 0 amide bonds. The van der Waals surface area contributed by atoms with Gasteiger partial charge in [-0.2, -0.15) is 0 Å². The molecule has 1 aliphatic heterocycles. The van der Waals surface area contributed by atoms with Crippen LogP contribution in [0.1, 0.15) is 30.4 Å². The second kappa shape index (κ2) is 3.93. The van der Waals surface area contributed by atoms with E-state index < -0.39 is 11.9 Å². The molecule has 1 unspecified atom stereocenters. The average molecular weight is 206 g/mol. The molecule has 2 rings (SSSR count). The fraction of sp³-hybridized carbons (Fsp3) is 0.417. The molecule has 0 bridgehead atoms. The first-order valence-electron chi connectivity index (χ1n) is 5.17. The first kappa shape index (κ1) is 10.0. The maximum Gasteiger partial charge on any atom is 0.310 e. The van der Waals surface area contributed by atoms with Crippen molar-refractivity contribution >= 4 is 5.97 Å². The van der Waals surface area contributed by atoms with Gasteiger partial charge in [0, 0.05) is 5.56 Å². The zero-order valence-corrected chi connectivity index (χ0v) is 8.69. The molecule has 1 atom stereocenters. The molecule has 3 nitrogen and oxygen atoms in total. The minimum absolute atomic E-state index is 0.502. The summed E-state index contributed by atoms with van der Waals surface area (Å²) in [6.07, 6.45) is 1.99. The Morgan fingerprint density at radius 1 is 1.53 bits per heavy atom. The Labute approximate surface area is 88.7 Å². The van der Waals surface area contributed by atoms with Crippen LogP contribution in [0, 0.1) is 0 Å². The van der Waals surface area contributed by atoms with Crippen LogP contribution in [0.3, 0.4) is 0 Å². The molecule has 80 valence electrons. The van der Waals surface area contributed by atoms with E-state index in [4.69, 9.17) is 9.84 Å². The molecule has 1 aliphatic rings. The van der Waals surface area contributed by atoms with E-state index in [0.717, 1.165) is 29.7 Å². The largest absolute Gasteiger partial charge is 0.493 e. The van der Waals surface area contributed by atoms with Gasteiger partial charge in [-0.3, -0.25) is 4.79 Å². The minimum Gasteiger partial charge on any atom is -0.493 e. The number of hydrogen-bond donors (Lipinski definition) is 1. The van der Waals surface area contributed by atoms with Gasteiger partial charge < -0.3 is 9.84 Å². The molecule has 0 aliphatic carbocycles. The Kier molecular flexibility index (Phi) is 2.62. The van der Waals surface area contributed by atoms with Gasteiger partial charge in [-0.1, -0.05) is 18.2 Å². The van der Waals surface area contributed by atoms with Gasteiger partial charge in [-0.15, -0.1) is 0 Å². The van der Waals surface area contributed by atoms with Crippen LogP contribution in [-0.2, 0) is 11.2 Å². The molecule has 1 heterocycles. The van der Waals surface area contributed by atoms with Gasteiger partial charge in [0.25, 0.3) is 0 Å². The van der Waals surface area contributed by atoms with Crippen molar-refractivity contribution < 1.29 is 14.6 Å². The van der Waals surface area contributed by atoms with Gasteiger partial charge >= 0.3 is 5.97 Å². The highest BCUT2D eigenvalue weighted by molar-refractivity contribution is 5.77. The van der Waals surface area contributed by atoms with Crippen molar-refractivity contribution in [3.63, 3.8) is 0 Å². The molecule has 1 N–H and O–H groups in total. The maximum absolute atomic E-state index is 10.9. The van der Waals surface area contributed by atoms with Gasteiger partial charge in [-0.25, -0.2) is 0 Å². The van der Waals surface area contributed by atoms with Crippen molar-refractivity contribution in [3.8, 4) is 5.75 Å². The lowest BCUT2D eigenvalue weighted by molar-refractivity contribution is -0.138. The highest BCUT2D eigenvalue weighted by Gasteiger charge is 2.22. The molecular weight excluding hydrogens is 192 g/mol. The van der Waals surface area contributed by atoms with Crippen LogP contribution >= 0.6 is 0 Å². The zero-order chi connectivity index (χ0) is 10.8. The lowest BCUT2D eigenvalue weighted by atomic mass is 9.95. The summed E-state index contributed by atoms with van der Waals surface area (Å²) >= 11 is 0. The van der Waals surface area contributed by atoms with Crippen molar-refractivity contribution in [2.75, 3.05) is 6.61 Å². The molecule has 3 heteroatoms. The first-order valence-corrected chi connectivity index (χ1v) is 5.17. The predicted molar refractivity (Wildman–Crippen MR) is 56.3 cm³/mol. The van der Waals surface area contributed by atoms with Gasteiger partial charge in [0.15, 0.2) is 0 Å². The minimum atomic E-state index is -0.808. The summed E-state index contributed by atoms with van der Waals surface area (Å²) in [6.45, 7) is 2.38. The quantitative estimate of drug-likeness (QED) is 0.806. The van der Waals surface area contributed by atoms with Crippen LogP contribution in [0.15, 0.2) is 18.2 Å². The maximum atomic E-state index is 10.9. The second-order valence-corrected chi connectivity index (χ2v) is 3.85. The third-order valence-electron chi connectivity index (χ3n) is 2.80. The number of aryl methyl sites for hydroxylation is 1. The Morgan fingerprint density at radius 3 is 3.07 bits per heavy atom. The standard InChI is InChI=1S/C12H14O3/c1-8(12(13)14)10-6-2-4-9-5-3-7-15-11(9)10/h2,4,6,8H,3,5,7H2,1H3,(H,13,14). The summed E-state index contributed by atoms with van der Waals surface area (Å²) in [5.74, 6) is -0.519. The van der Waals surface area contributed by atoms with Gasteiger partial charge in [0.1, 0.15) is 5.75 Å². The number of carbonyl (C=O) groups is 1. The van der Waals surface area contributed by atoms with Crippen LogP contribution in [0.5, 0.6) is 5.75 Å². The molecule has 0 saturated carbocycles. The van der Waals surface area contributed by atoms with Gasteiger partial charge in [-0.05, 0) is 25.3 Å². The summed E-state index contributed by atoms with van der Waals surface area (Å²) in [5, 5.41) is 8.98. The molecule has 0 radical (unpaired) electrons. The fourth-order valence-corrected chi connectivity index (χ4v) is 1.89. The van der Waals surface area contributed by atoms with Gasteiger partial charge in [0.2, 0.25) is 0 Å². The summed E-state index contributed by atoms with van der Waals surface area (Å²) in [4.78, 5) is 10.9. The van der Waals surface area contributed by atoms with Crippen molar-refractivity contribution in [2.45, 2.75) is 25.7 Å². The SMILES string of the molecule is CC(C(=O)O)c1cccc2c1OCCC2. The smallest absolute Gasteiger partial charge is 0.310 e. The van der Waals surface area contributed by atoms with Crippen LogP contribution in [0.2, 0.25) is 0 Å². The van der Waals surface area contributed by atoms with E-state index >= 15 is 0 Å². The van der Waals surface area contributed by atoms with E-state index in [2.05, 4.69) is 0 Å². The fourth-order valence-electron chi connectivity index (χ4n) is 1.89. The van der Waals surface area contributed by atoms with Crippen LogP contribution in [0.4, 0.5) is 0 Å². The van der Waals surface area contributed by atoms with Crippen molar-refractivity contribution in [2.24, 2.45) is 0 Å². The van der Waals surface area contributed by atoms with Crippen molar-refractivity contribution in [1.82, 2.24) is 0 Å². The molecule has 0 aromatic heterocycles. The van der Waals surface area contributed by atoms with Crippen molar-refractivity contribution in [3.05, 3.63) is 29.3 Å². The van der Waals surface area contributed by atoms with Crippen LogP contribution < -0.4 is 4.74 Å². The third-order valence-corrected chi connectivity index (χ3v) is 2.80. The van der Waals surface area contributed by atoms with Crippen LogP contribution in [0.25, 0.3) is 0 Å². The lowest BCUT2D eigenvalue weighted by Gasteiger charge is -2.21. The van der Waals surface area contributed by atoms with E-state index in [1.165, 1.54) is 0 Å². The molecule has 15 heavy (non-hydrogen) atoms. The molecule has 0 spiro atoms. The number of fused-ring (bicyclic) bond motifs is 1. The highest BCUT2D eigenvalue weighted by Crippen LogP contribution is 2.33. The Bertz CT molecular complexity index is 384. The summed E-state index contributed by atoms with van der Waals surface area (Å²) in [5.41, 5.74) is 1.92. The monoisotopic (exact) mass is 206 g/mol. The van der Waals surface area contributed by atoms with E-state index in [1.807, 2.05) is 18.2 Å². The number of ether oxygens (including phenoxy) is 1. The molecule has 1 aromatic carbocycles. The number of carboxylic acid groups (broad SMARTS) is 1. The number of rotatable bonds is 2. The molecular formula is C12H14O3. The average Bonchev–Trinajstić information content (AvgIpc) is 2.27. The predicted octanol–water partition coefficient (Wildman–Crippen LogP) is 2.20. The number of aliphatic carboxylic acids is 1. The Morgan fingerprint density at radius 2 is 2.33 bits per heavy atom. The Balaban J connectivity index is 2.43. The summed E-state index contributed by atoms with van der Waals surface area (Å²) in [6, 6.07) is 5.75. The lowest BCUT2D eigenvalue weighted by Crippen LogP contribution is -2.14. The third kappa shape index (κ3) is 1.82. The number of benzene rings is 1. The number of carboxylic acids is 1. The van der Waals surface area contributed by atoms with Gasteiger partial charge in [0.05, 0.1) is 12.5 Å². The summed E-state index contributed by atoms with van der Waals surface area (Å²) < 4.78 is 5.56. The zero-order valence-electron chi connectivity index (χ0n) is 8.69. The van der Waals surface area contributed by atoms with E-state index in [-0.39, 0.29) is 0 Å². The molecule has 0 saturated heterocycles. The van der Waals surface area contributed by atoms with E-state index in [1.54, 1.807) is 6.92 Å². The Hall–Kier alpha value is -1.51. The number of hydrogen-bond acceptors (Lipinski definition) is 2. The van der Waals surface area contributed by atoms with E-state index in [9.17, 15) is 4.79 Å². The molecule has 1 aromatic rings. The normalized spacial score (nSPS) is 16.3. The second-order valence-electron chi connectivity index (χ2n) is 3.85. The first-order chi connectivity index (χ1) is 7.20. The highest BCUT2D eigenvalue weighted by atomic mass is 16.5. The topological polar surface area (TPSA) is 46.5 Å². The van der Waals surface area contributed by atoms with Crippen LogP contribution in [-0.4, -0.2) is 17.7 Å².